The van der Waals surface area contributed by atoms with Gasteiger partial charge in [-0.3, -0.25) is 10.1 Å². The molecule has 0 fully saturated rings. The number of nitrogens with one attached hydrogen (secondary N) is 1. The number of hydrogen-bond donors (Lipinski definition) is 2. The number of carbonyl (C=O) groups is 1. The number of carboxylic acids is 1. The molecule has 0 aliphatic rings. The van der Waals surface area contributed by atoms with Gasteiger partial charge in [0, 0.05) is 12.6 Å². The highest BCUT2D eigenvalue weighted by Crippen LogP contribution is 2.20. The number of fused-ring (bicyclic) bond motifs is 1. The van der Waals surface area contributed by atoms with Crippen molar-refractivity contribution in [3.05, 3.63) is 40.2 Å². The third-order valence-electron chi connectivity index (χ3n) is 2.69. The lowest BCUT2D eigenvalue weighted by Gasteiger charge is -2.06. The summed E-state index contributed by atoms with van der Waals surface area (Å²) in [5, 5.41) is 22.5. The van der Waals surface area contributed by atoms with E-state index in [1.165, 1.54) is 11.3 Å². The first kappa shape index (κ1) is 13.0. The van der Waals surface area contributed by atoms with E-state index in [2.05, 4.69) is 10.3 Å². The van der Waals surface area contributed by atoms with Crippen molar-refractivity contribution >= 4 is 17.4 Å². The van der Waals surface area contributed by atoms with Crippen LogP contribution in [0.2, 0.25) is 0 Å². The Morgan fingerprint density at radius 1 is 1.63 bits per heavy atom. The molecule has 2 aromatic heterocycles. The summed E-state index contributed by atoms with van der Waals surface area (Å²) in [4.78, 5) is 25.4. The van der Waals surface area contributed by atoms with Crippen molar-refractivity contribution in [2.24, 2.45) is 0 Å². The Kier molecular flexibility index (Phi) is 3.43. The van der Waals surface area contributed by atoms with Gasteiger partial charge in [0.2, 0.25) is 5.65 Å². The van der Waals surface area contributed by atoms with Crippen molar-refractivity contribution in [3.8, 4) is 0 Å². The van der Waals surface area contributed by atoms with Crippen LogP contribution in [0.4, 0.5) is 5.82 Å². The number of pyridine rings is 1. The van der Waals surface area contributed by atoms with Gasteiger partial charge in [-0.05, 0) is 17.9 Å². The van der Waals surface area contributed by atoms with Gasteiger partial charge < -0.3 is 15.2 Å². The van der Waals surface area contributed by atoms with Crippen LogP contribution >= 0.6 is 0 Å². The molecule has 0 saturated heterocycles. The Balaban J connectivity index is 2.34. The standard InChI is InChI=1S/C11H12N4O4/c1-7(11(16)17)12-6-8-10(15(18)19)14-5-3-2-4-9(14)13-8/h2-5,7,12H,6H2,1H3,(H,16,17)/t7-/m0/s1. The summed E-state index contributed by atoms with van der Waals surface area (Å²) < 4.78 is 1.36. The van der Waals surface area contributed by atoms with Crippen molar-refractivity contribution in [2.75, 3.05) is 0 Å². The second kappa shape index (κ2) is 5.02. The van der Waals surface area contributed by atoms with Crippen LogP contribution < -0.4 is 5.32 Å². The number of carboxylic acid groups (broad SMARTS) is 1. The minimum atomic E-state index is -1.02. The highest BCUT2D eigenvalue weighted by Gasteiger charge is 2.22. The van der Waals surface area contributed by atoms with Gasteiger partial charge in [-0.2, -0.15) is 4.40 Å². The van der Waals surface area contributed by atoms with Crippen molar-refractivity contribution in [1.29, 1.82) is 0 Å². The fourth-order valence-electron chi connectivity index (χ4n) is 1.68. The quantitative estimate of drug-likeness (QED) is 0.610. The number of hydrogen-bond acceptors (Lipinski definition) is 5. The number of aromatic nitrogens is 2. The molecule has 0 aromatic carbocycles. The molecule has 2 N–H and O–H groups in total. The molecular formula is C11H12N4O4. The molecule has 0 amide bonds. The van der Waals surface area contributed by atoms with E-state index < -0.39 is 16.9 Å². The second-order valence-corrected chi connectivity index (χ2v) is 4.01. The van der Waals surface area contributed by atoms with Crippen molar-refractivity contribution in [2.45, 2.75) is 19.5 Å². The number of aliphatic carboxylic acids is 1. The third kappa shape index (κ3) is 2.52. The van der Waals surface area contributed by atoms with E-state index in [9.17, 15) is 14.9 Å². The SMILES string of the molecule is C[C@H](NCc1nc2ccccn2c1[N+](=O)[O-])C(=O)O. The molecule has 0 saturated carbocycles. The highest BCUT2D eigenvalue weighted by molar-refractivity contribution is 5.72. The molecule has 2 rings (SSSR count). The average molecular weight is 264 g/mol. The molecule has 2 aromatic rings. The topological polar surface area (TPSA) is 110 Å². The lowest BCUT2D eigenvalue weighted by molar-refractivity contribution is -0.391. The monoisotopic (exact) mass is 264 g/mol. The van der Waals surface area contributed by atoms with Crippen LogP contribution in [0.5, 0.6) is 0 Å². The zero-order chi connectivity index (χ0) is 14.0. The number of rotatable bonds is 5. The largest absolute Gasteiger partial charge is 0.480 e. The maximum Gasteiger partial charge on any atom is 0.352 e. The molecule has 0 aliphatic carbocycles. The molecule has 0 spiro atoms. The van der Waals surface area contributed by atoms with Crippen LogP contribution in [-0.2, 0) is 11.3 Å². The summed E-state index contributed by atoms with van der Waals surface area (Å²) in [5.74, 6) is -1.17. The molecule has 1 atom stereocenters. The summed E-state index contributed by atoms with van der Waals surface area (Å²) in [6.07, 6.45) is 1.55. The highest BCUT2D eigenvalue weighted by atomic mass is 16.6. The van der Waals surface area contributed by atoms with Crippen LogP contribution in [0.15, 0.2) is 24.4 Å². The number of imidazole rings is 1. The van der Waals surface area contributed by atoms with Gasteiger partial charge >= 0.3 is 11.8 Å². The van der Waals surface area contributed by atoms with E-state index in [1.54, 1.807) is 24.4 Å². The van der Waals surface area contributed by atoms with Gasteiger partial charge in [0.25, 0.3) is 0 Å². The van der Waals surface area contributed by atoms with Crippen molar-refractivity contribution in [3.63, 3.8) is 0 Å². The molecule has 0 radical (unpaired) electrons. The molecule has 0 aliphatic heterocycles. The molecule has 8 heteroatoms. The predicted molar refractivity (Wildman–Crippen MR) is 65.8 cm³/mol. The Bertz CT molecular complexity index is 637. The van der Waals surface area contributed by atoms with Crippen LogP contribution in [0.1, 0.15) is 12.6 Å². The lowest BCUT2D eigenvalue weighted by Crippen LogP contribution is -2.33. The smallest absolute Gasteiger partial charge is 0.352 e. The van der Waals surface area contributed by atoms with Crippen molar-refractivity contribution < 1.29 is 14.8 Å². The van der Waals surface area contributed by atoms with E-state index in [1.807, 2.05) is 0 Å². The fraction of sp³-hybridized carbons (Fsp3) is 0.273. The van der Waals surface area contributed by atoms with Gasteiger partial charge in [0.1, 0.15) is 6.04 Å². The zero-order valence-corrected chi connectivity index (χ0v) is 10.1. The van der Waals surface area contributed by atoms with E-state index in [-0.39, 0.29) is 18.1 Å². The summed E-state index contributed by atoms with van der Waals surface area (Å²) >= 11 is 0. The minimum Gasteiger partial charge on any atom is -0.480 e. The average Bonchev–Trinajstić information content (AvgIpc) is 2.73. The van der Waals surface area contributed by atoms with Gasteiger partial charge in [-0.15, -0.1) is 0 Å². The Morgan fingerprint density at radius 2 is 2.37 bits per heavy atom. The first-order valence-corrected chi connectivity index (χ1v) is 5.57. The van der Waals surface area contributed by atoms with E-state index in [4.69, 9.17) is 5.11 Å². The van der Waals surface area contributed by atoms with E-state index in [0.717, 1.165) is 0 Å². The number of nitrogens with zero attached hydrogens (tertiary/aromatic N) is 3. The summed E-state index contributed by atoms with van der Waals surface area (Å²) in [7, 11) is 0. The molecule has 0 bridgehead atoms. The maximum absolute atomic E-state index is 11.1. The van der Waals surface area contributed by atoms with Gasteiger partial charge in [0.05, 0.1) is 6.20 Å². The number of nitro groups is 1. The van der Waals surface area contributed by atoms with Crippen LogP contribution in [0, 0.1) is 10.1 Å². The molecule has 0 unspecified atom stereocenters. The van der Waals surface area contributed by atoms with E-state index >= 15 is 0 Å². The fourth-order valence-corrected chi connectivity index (χ4v) is 1.68. The van der Waals surface area contributed by atoms with E-state index in [0.29, 0.717) is 5.65 Å². The minimum absolute atomic E-state index is 0.0193. The summed E-state index contributed by atoms with van der Waals surface area (Å²) in [6.45, 7) is 1.48. The Labute approximate surface area is 107 Å². The molecule has 2 heterocycles. The first-order valence-electron chi connectivity index (χ1n) is 5.57. The third-order valence-corrected chi connectivity index (χ3v) is 2.69. The Hall–Kier alpha value is -2.48. The normalized spacial score (nSPS) is 12.5. The molecule has 100 valence electrons. The molecular weight excluding hydrogens is 252 g/mol. The van der Waals surface area contributed by atoms with Crippen molar-refractivity contribution in [1.82, 2.24) is 14.7 Å². The first-order chi connectivity index (χ1) is 9.00. The summed E-state index contributed by atoms with van der Waals surface area (Å²) in [5.41, 5.74) is 0.665. The Morgan fingerprint density at radius 3 is 3.00 bits per heavy atom. The molecule has 8 nitrogen and oxygen atoms in total. The van der Waals surface area contributed by atoms with Gasteiger partial charge in [0.15, 0.2) is 5.69 Å². The summed E-state index contributed by atoms with van der Waals surface area (Å²) in [6, 6.07) is 4.24. The molecule has 19 heavy (non-hydrogen) atoms. The predicted octanol–water partition coefficient (Wildman–Crippen LogP) is 0.805. The maximum atomic E-state index is 11.1. The van der Waals surface area contributed by atoms with Gasteiger partial charge in [-0.25, -0.2) is 4.98 Å². The zero-order valence-electron chi connectivity index (χ0n) is 10.1. The second-order valence-electron chi connectivity index (χ2n) is 4.01. The van der Waals surface area contributed by atoms with Crippen LogP contribution in [0.3, 0.4) is 0 Å². The lowest BCUT2D eigenvalue weighted by atomic mass is 10.3. The van der Waals surface area contributed by atoms with Crippen LogP contribution in [-0.4, -0.2) is 31.4 Å². The van der Waals surface area contributed by atoms with Gasteiger partial charge in [-0.1, -0.05) is 6.07 Å². The van der Waals surface area contributed by atoms with Crippen LogP contribution in [0.25, 0.3) is 5.65 Å².